The van der Waals surface area contributed by atoms with E-state index in [1.54, 1.807) is 18.3 Å². The Kier molecular flexibility index (Phi) is 4.21. The van der Waals surface area contributed by atoms with Crippen LogP contribution in [0.1, 0.15) is 20.7 Å². The molecule has 0 aliphatic carbocycles. The lowest BCUT2D eigenvalue weighted by atomic mass is 9.94. The van der Waals surface area contributed by atoms with Crippen LogP contribution in [0.3, 0.4) is 0 Å². The SMILES string of the molecule is NC(=O)c1cccc(-c2c[nH]c3ccccc23)c1C(=O)NCC(=O)O. The summed E-state index contributed by atoms with van der Waals surface area (Å²) in [5, 5.41) is 11.9. The fourth-order valence-electron chi connectivity index (χ4n) is 2.77. The van der Waals surface area contributed by atoms with Crippen molar-refractivity contribution in [3.63, 3.8) is 0 Å². The minimum atomic E-state index is -1.18. The van der Waals surface area contributed by atoms with Crippen molar-refractivity contribution < 1.29 is 19.5 Å². The molecule has 0 spiro atoms. The van der Waals surface area contributed by atoms with Gasteiger partial charge in [-0.15, -0.1) is 0 Å². The number of amides is 2. The predicted octanol–water partition coefficient (Wildman–Crippen LogP) is 1.75. The molecule has 25 heavy (non-hydrogen) atoms. The number of aromatic amines is 1. The maximum absolute atomic E-state index is 12.5. The lowest BCUT2D eigenvalue weighted by molar-refractivity contribution is -0.135. The van der Waals surface area contributed by atoms with Crippen molar-refractivity contribution in [2.45, 2.75) is 0 Å². The van der Waals surface area contributed by atoms with Crippen molar-refractivity contribution in [2.24, 2.45) is 5.73 Å². The summed E-state index contributed by atoms with van der Waals surface area (Å²) in [7, 11) is 0. The number of carbonyl (C=O) groups excluding carboxylic acids is 2. The van der Waals surface area contributed by atoms with Crippen molar-refractivity contribution in [2.75, 3.05) is 6.54 Å². The number of nitrogens with two attached hydrogens (primary N) is 1. The smallest absolute Gasteiger partial charge is 0.322 e. The molecule has 0 saturated carbocycles. The number of carbonyl (C=O) groups is 3. The van der Waals surface area contributed by atoms with E-state index in [0.717, 1.165) is 16.5 Å². The average molecular weight is 337 g/mol. The zero-order valence-corrected chi connectivity index (χ0v) is 13.1. The predicted molar refractivity (Wildman–Crippen MR) is 92.2 cm³/mol. The minimum Gasteiger partial charge on any atom is -0.480 e. The van der Waals surface area contributed by atoms with E-state index in [4.69, 9.17) is 10.8 Å². The molecule has 1 heterocycles. The molecule has 0 fully saturated rings. The standard InChI is InChI=1S/C18H15N3O4/c19-17(24)12-6-3-5-11(16(12)18(25)21-9-15(22)23)13-8-20-14-7-2-1-4-10(13)14/h1-8,20H,9H2,(H2,19,24)(H,21,25)(H,22,23). The van der Waals surface area contributed by atoms with Crippen molar-refractivity contribution >= 4 is 28.7 Å². The first kappa shape index (κ1) is 16.3. The van der Waals surface area contributed by atoms with Gasteiger partial charge >= 0.3 is 5.97 Å². The molecule has 0 unspecified atom stereocenters. The van der Waals surface area contributed by atoms with E-state index in [0.29, 0.717) is 5.56 Å². The molecule has 2 amide bonds. The van der Waals surface area contributed by atoms with E-state index >= 15 is 0 Å². The van der Waals surface area contributed by atoms with Crippen LogP contribution in [-0.4, -0.2) is 34.4 Å². The lowest BCUT2D eigenvalue weighted by Gasteiger charge is -2.12. The van der Waals surface area contributed by atoms with Crippen LogP contribution in [-0.2, 0) is 4.79 Å². The maximum Gasteiger partial charge on any atom is 0.322 e. The third-order valence-corrected chi connectivity index (χ3v) is 3.84. The zero-order chi connectivity index (χ0) is 18.0. The Morgan fingerprint density at radius 3 is 2.52 bits per heavy atom. The summed E-state index contributed by atoms with van der Waals surface area (Å²) >= 11 is 0. The van der Waals surface area contributed by atoms with Crippen LogP contribution < -0.4 is 11.1 Å². The number of fused-ring (bicyclic) bond motifs is 1. The van der Waals surface area contributed by atoms with E-state index < -0.39 is 24.3 Å². The highest BCUT2D eigenvalue weighted by Crippen LogP contribution is 2.32. The van der Waals surface area contributed by atoms with E-state index in [1.165, 1.54) is 6.07 Å². The van der Waals surface area contributed by atoms with E-state index in [1.807, 2.05) is 24.3 Å². The van der Waals surface area contributed by atoms with Gasteiger partial charge in [-0.3, -0.25) is 14.4 Å². The first-order chi connectivity index (χ1) is 12.0. The number of para-hydroxylation sites is 1. The molecule has 1 aromatic heterocycles. The largest absolute Gasteiger partial charge is 0.480 e. The molecule has 0 aliphatic heterocycles. The van der Waals surface area contributed by atoms with Gasteiger partial charge in [-0.2, -0.15) is 0 Å². The fraction of sp³-hybridized carbons (Fsp3) is 0.0556. The van der Waals surface area contributed by atoms with Crippen LogP contribution in [0.15, 0.2) is 48.7 Å². The molecule has 7 heteroatoms. The minimum absolute atomic E-state index is 0.0330. The van der Waals surface area contributed by atoms with Gasteiger partial charge in [0, 0.05) is 22.7 Å². The van der Waals surface area contributed by atoms with Gasteiger partial charge < -0.3 is 21.1 Å². The maximum atomic E-state index is 12.5. The zero-order valence-electron chi connectivity index (χ0n) is 13.1. The number of rotatable bonds is 5. The van der Waals surface area contributed by atoms with Gasteiger partial charge in [0.05, 0.1) is 11.1 Å². The summed E-state index contributed by atoms with van der Waals surface area (Å²) in [5.41, 5.74) is 7.58. The number of carboxylic acid groups (broad SMARTS) is 1. The van der Waals surface area contributed by atoms with Gasteiger partial charge in [-0.25, -0.2) is 0 Å². The number of aromatic nitrogens is 1. The summed E-state index contributed by atoms with van der Waals surface area (Å²) in [6.07, 6.45) is 1.73. The van der Waals surface area contributed by atoms with Crippen LogP contribution in [0.4, 0.5) is 0 Å². The Hall–Kier alpha value is -3.61. The van der Waals surface area contributed by atoms with Crippen LogP contribution in [0.2, 0.25) is 0 Å². The molecule has 3 rings (SSSR count). The third-order valence-electron chi connectivity index (χ3n) is 3.84. The number of primary amides is 1. The highest BCUT2D eigenvalue weighted by molar-refractivity contribution is 6.13. The number of carboxylic acids is 1. The van der Waals surface area contributed by atoms with Gasteiger partial charge in [0.25, 0.3) is 5.91 Å². The van der Waals surface area contributed by atoms with Crippen LogP contribution in [0.25, 0.3) is 22.0 Å². The van der Waals surface area contributed by atoms with E-state index in [2.05, 4.69) is 10.3 Å². The van der Waals surface area contributed by atoms with Gasteiger partial charge in [0.1, 0.15) is 6.54 Å². The van der Waals surface area contributed by atoms with Crippen LogP contribution in [0.5, 0.6) is 0 Å². The first-order valence-electron chi connectivity index (χ1n) is 7.48. The molecule has 126 valence electrons. The Labute approximate surface area is 142 Å². The molecule has 3 aromatic rings. The molecule has 2 aromatic carbocycles. The monoisotopic (exact) mass is 337 g/mol. The molecular formula is C18H15N3O4. The Balaban J connectivity index is 2.19. The first-order valence-corrected chi connectivity index (χ1v) is 7.48. The number of nitrogens with one attached hydrogen (secondary N) is 2. The van der Waals surface area contributed by atoms with Crippen molar-refractivity contribution in [3.8, 4) is 11.1 Å². The number of hydrogen-bond acceptors (Lipinski definition) is 3. The summed E-state index contributed by atoms with van der Waals surface area (Å²) < 4.78 is 0. The molecule has 5 N–H and O–H groups in total. The number of hydrogen-bond donors (Lipinski definition) is 4. The summed E-state index contributed by atoms with van der Waals surface area (Å²) in [4.78, 5) is 38.1. The van der Waals surface area contributed by atoms with E-state index in [-0.39, 0.29) is 11.1 Å². The Bertz CT molecular complexity index is 991. The molecule has 0 bridgehead atoms. The number of aliphatic carboxylic acids is 1. The normalized spacial score (nSPS) is 10.6. The lowest BCUT2D eigenvalue weighted by Crippen LogP contribution is -2.31. The van der Waals surface area contributed by atoms with Crippen molar-refractivity contribution in [1.29, 1.82) is 0 Å². The van der Waals surface area contributed by atoms with Gasteiger partial charge in [-0.05, 0) is 17.7 Å². The highest BCUT2D eigenvalue weighted by atomic mass is 16.4. The number of H-pyrrole nitrogens is 1. The van der Waals surface area contributed by atoms with Gasteiger partial charge in [0.15, 0.2) is 0 Å². The average Bonchev–Trinajstić information content (AvgIpc) is 3.02. The van der Waals surface area contributed by atoms with Crippen molar-refractivity contribution in [1.82, 2.24) is 10.3 Å². The van der Waals surface area contributed by atoms with Crippen molar-refractivity contribution in [3.05, 3.63) is 59.8 Å². The topological polar surface area (TPSA) is 125 Å². The highest BCUT2D eigenvalue weighted by Gasteiger charge is 2.22. The van der Waals surface area contributed by atoms with Gasteiger partial charge in [0.2, 0.25) is 5.91 Å². The molecule has 0 saturated heterocycles. The third kappa shape index (κ3) is 3.07. The molecule has 0 atom stereocenters. The Morgan fingerprint density at radius 1 is 1.04 bits per heavy atom. The summed E-state index contributed by atoms with van der Waals surface area (Å²) in [6, 6.07) is 12.3. The van der Waals surface area contributed by atoms with Crippen LogP contribution >= 0.6 is 0 Å². The molecular weight excluding hydrogens is 322 g/mol. The summed E-state index contributed by atoms with van der Waals surface area (Å²) in [5.74, 6) is -2.61. The quantitative estimate of drug-likeness (QED) is 0.566. The summed E-state index contributed by atoms with van der Waals surface area (Å²) in [6.45, 7) is -0.556. The fourth-order valence-corrected chi connectivity index (χ4v) is 2.77. The van der Waals surface area contributed by atoms with Crippen LogP contribution in [0, 0.1) is 0 Å². The Morgan fingerprint density at radius 2 is 1.80 bits per heavy atom. The van der Waals surface area contributed by atoms with Gasteiger partial charge in [-0.1, -0.05) is 30.3 Å². The second kappa shape index (κ2) is 6.48. The second-order valence-corrected chi connectivity index (χ2v) is 5.42. The second-order valence-electron chi connectivity index (χ2n) is 5.42. The molecule has 7 nitrogen and oxygen atoms in total. The molecule has 0 aliphatic rings. The van der Waals surface area contributed by atoms with E-state index in [9.17, 15) is 14.4 Å². The molecule has 0 radical (unpaired) electrons. The number of benzene rings is 2.